The van der Waals surface area contributed by atoms with Crippen LogP contribution in [0.15, 0.2) is 0 Å². The molecule has 0 N–H and O–H groups in total. The summed E-state index contributed by atoms with van der Waals surface area (Å²) < 4.78 is 21.4. The van der Waals surface area contributed by atoms with E-state index in [0.29, 0.717) is 36.4 Å². The fraction of sp³-hybridized carbons (Fsp3) is 1.00. The Morgan fingerprint density at radius 3 is 1.42 bits per heavy atom. The largest absolute Gasteiger partial charge is 0.649 e. The van der Waals surface area contributed by atoms with Crippen molar-refractivity contribution < 1.29 is 16.8 Å². The molecule has 0 heterocycles. The van der Waals surface area contributed by atoms with Crippen molar-refractivity contribution in [3.8, 4) is 0 Å². The molecule has 6 heteroatoms. The van der Waals surface area contributed by atoms with Gasteiger partial charge in [-0.1, -0.05) is 0 Å². The van der Waals surface area contributed by atoms with E-state index in [-0.39, 0.29) is 0 Å². The Labute approximate surface area is 83.4 Å². The summed E-state index contributed by atoms with van der Waals surface area (Å²) in [7, 11) is -2.71. The molecule has 0 aromatic rings. The van der Waals surface area contributed by atoms with Crippen molar-refractivity contribution in [3.05, 3.63) is 0 Å². The normalized spacial score (nSPS) is 11.9. The highest BCUT2D eigenvalue weighted by Gasteiger charge is 2.41. The van der Waals surface area contributed by atoms with Crippen molar-refractivity contribution >= 4 is 25.7 Å². The molecule has 0 aliphatic heterocycles. The highest BCUT2D eigenvalue weighted by Crippen LogP contribution is 2.09. The van der Waals surface area contributed by atoms with E-state index >= 15 is 0 Å². The van der Waals surface area contributed by atoms with Gasteiger partial charge in [-0.3, -0.25) is 0 Å². The summed E-state index contributed by atoms with van der Waals surface area (Å²) in [5, 5.41) is 0. The van der Waals surface area contributed by atoms with E-state index < -0.39 is 9.05 Å². The highest BCUT2D eigenvalue weighted by molar-refractivity contribution is 6.57. The van der Waals surface area contributed by atoms with Gasteiger partial charge in [-0.15, -0.1) is 0 Å². The summed E-state index contributed by atoms with van der Waals surface area (Å²) in [5.41, 5.74) is 0. The maximum atomic E-state index is 5.37. The first kappa shape index (κ1) is 12.6. The maximum Gasteiger partial charge on any atom is 0.649 e. The van der Waals surface area contributed by atoms with Crippen LogP contribution in [0.3, 0.4) is 0 Å². The van der Waals surface area contributed by atoms with E-state index in [2.05, 4.69) is 0 Å². The van der Waals surface area contributed by atoms with Gasteiger partial charge in [-0.2, -0.15) is 0 Å². The van der Waals surface area contributed by atoms with E-state index in [0.717, 1.165) is 0 Å². The number of hydrogen-bond acceptors (Lipinski definition) is 4. The van der Waals surface area contributed by atoms with Crippen LogP contribution in [0.25, 0.3) is 0 Å². The fourth-order valence-electron chi connectivity index (χ4n) is 0.832. The lowest BCUT2D eigenvalue weighted by Gasteiger charge is -2.26. The quantitative estimate of drug-likeness (QED) is 0.556. The summed E-state index contributed by atoms with van der Waals surface area (Å²) in [6.07, 6.45) is 0. The molecule has 0 rings (SSSR count). The molecule has 0 aliphatic rings. The standard InChI is InChI=1S/C6H15O4Si.Al.2H/c1-4-8-11(7,9-5-2)10-6-3;;;/h4-6H2,1-3H3;;;/q-1;+1;;. The molecule has 0 aliphatic carbocycles. The minimum absolute atomic E-state index is 0.564. The minimum atomic E-state index is -2.71. The number of rotatable bonds is 7. The zero-order valence-electron chi connectivity index (χ0n) is 8.25. The maximum absolute atomic E-state index is 5.37. The molecule has 0 aromatic carbocycles. The first-order valence-corrected chi connectivity index (χ1v) is 6.66. The zero-order valence-corrected chi connectivity index (χ0v) is 11.3. The lowest BCUT2D eigenvalue weighted by atomic mass is 10.9. The van der Waals surface area contributed by atoms with Crippen LogP contribution in [0.1, 0.15) is 20.8 Å². The molecule has 0 aromatic heterocycles. The van der Waals surface area contributed by atoms with Crippen LogP contribution in [0.4, 0.5) is 0 Å². The van der Waals surface area contributed by atoms with Gasteiger partial charge in [0.15, 0.2) is 0 Å². The lowest BCUT2D eigenvalue weighted by Crippen LogP contribution is -2.48. The second kappa shape index (κ2) is 7.04. The van der Waals surface area contributed by atoms with Crippen LogP contribution in [0, 0.1) is 0 Å². The minimum Gasteiger partial charge on any atom is -0.486 e. The van der Waals surface area contributed by atoms with Crippen molar-refractivity contribution in [2.24, 2.45) is 0 Å². The molecular weight excluding hydrogens is 191 g/mol. The SMILES string of the molecule is CCO[Si]([O][AlH2])(OCC)OCC. The van der Waals surface area contributed by atoms with Gasteiger partial charge >= 0.3 is 25.7 Å². The Bertz CT molecular complexity index is 96.7. The Kier molecular flexibility index (Phi) is 7.38. The Morgan fingerprint density at radius 1 is 0.917 bits per heavy atom. The molecule has 0 saturated carbocycles. The second-order valence-electron chi connectivity index (χ2n) is 2.00. The van der Waals surface area contributed by atoms with Crippen LogP contribution in [0.2, 0.25) is 0 Å². The van der Waals surface area contributed by atoms with E-state index in [1.54, 1.807) is 0 Å². The molecule has 0 radical (unpaired) electrons. The van der Waals surface area contributed by atoms with Gasteiger partial charge in [0.2, 0.25) is 0 Å². The number of hydrogen-bond donors (Lipinski definition) is 0. The van der Waals surface area contributed by atoms with Gasteiger partial charge < -0.3 is 16.8 Å². The molecule has 4 nitrogen and oxygen atoms in total. The van der Waals surface area contributed by atoms with Crippen molar-refractivity contribution in [2.45, 2.75) is 20.8 Å². The molecule has 0 fully saturated rings. The van der Waals surface area contributed by atoms with Crippen LogP contribution in [0.5, 0.6) is 0 Å². The van der Waals surface area contributed by atoms with Gasteiger partial charge in [-0.25, -0.2) is 0 Å². The second-order valence-corrected chi connectivity index (χ2v) is 5.50. The predicted octanol–water partition coefficient (Wildman–Crippen LogP) is 0.0962. The summed E-state index contributed by atoms with van der Waals surface area (Å²) in [6, 6.07) is 0. The van der Waals surface area contributed by atoms with E-state index in [9.17, 15) is 0 Å². The third-order valence-corrected chi connectivity index (χ3v) is 5.14. The first-order chi connectivity index (χ1) is 5.74. The Hall–Kier alpha value is 0.589. The van der Waals surface area contributed by atoms with Gasteiger partial charge in [0.25, 0.3) is 0 Å². The molecule has 0 bridgehead atoms. The summed E-state index contributed by atoms with van der Waals surface area (Å²) in [5.74, 6) is 0. The first-order valence-electron chi connectivity index (χ1n) is 4.21. The van der Waals surface area contributed by atoms with Gasteiger partial charge in [0, 0.05) is 19.8 Å². The molecule has 0 atom stereocenters. The molecule has 12 heavy (non-hydrogen) atoms. The van der Waals surface area contributed by atoms with Crippen molar-refractivity contribution in [3.63, 3.8) is 0 Å². The van der Waals surface area contributed by atoms with E-state index in [4.69, 9.17) is 16.8 Å². The summed E-state index contributed by atoms with van der Waals surface area (Å²) in [6.45, 7) is 7.40. The average molecular weight is 208 g/mol. The van der Waals surface area contributed by atoms with Crippen molar-refractivity contribution in [1.29, 1.82) is 0 Å². The lowest BCUT2D eigenvalue weighted by molar-refractivity contribution is 0.0122. The Morgan fingerprint density at radius 2 is 1.25 bits per heavy atom. The van der Waals surface area contributed by atoms with Gasteiger partial charge in [0.1, 0.15) is 0 Å². The van der Waals surface area contributed by atoms with E-state index in [1.807, 2.05) is 20.8 Å². The zero-order chi connectivity index (χ0) is 9.45. The molecule has 0 amide bonds. The topological polar surface area (TPSA) is 36.9 Å². The van der Waals surface area contributed by atoms with E-state index in [1.165, 1.54) is 0 Å². The highest BCUT2D eigenvalue weighted by atomic mass is 28.4. The molecule has 72 valence electrons. The van der Waals surface area contributed by atoms with Crippen LogP contribution < -0.4 is 0 Å². The smallest absolute Gasteiger partial charge is 0.486 e. The molecular formula is C6H17AlO4Si. The monoisotopic (exact) mass is 208 g/mol. The van der Waals surface area contributed by atoms with Crippen molar-refractivity contribution in [1.82, 2.24) is 0 Å². The van der Waals surface area contributed by atoms with Crippen LogP contribution in [-0.4, -0.2) is 45.5 Å². The third-order valence-electron chi connectivity index (χ3n) is 1.21. The van der Waals surface area contributed by atoms with Crippen LogP contribution >= 0.6 is 0 Å². The Balaban J connectivity index is 4.06. The molecule has 0 unspecified atom stereocenters. The molecule has 0 spiro atoms. The van der Waals surface area contributed by atoms with Gasteiger partial charge in [-0.05, 0) is 20.8 Å². The molecule has 0 saturated heterocycles. The summed E-state index contributed by atoms with van der Waals surface area (Å²) in [4.78, 5) is 0. The van der Waals surface area contributed by atoms with Gasteiger partial charge in [0.05, 0.1) is 0 Å². The predicted molar refractivity (Wildman–Crippen MR) is 50.3 cm³/mol. The average Bonchev–Trinajstić information content (AvgIpc) is 2.06. The fourth-order valence-corrected chi connectivity index (χ4v) is 3.56. The van der Waals surface area contributed by atoms with Crippen LogP contribution in [-0.2, 0) is 16.8 Å². The van der Waals surface area contributed by atoms with Crippen molar-refractivity contribution in [2.75, 3.05) is 19.8 Å². The summed E-state index contributed by atoms with van der Waals surface area (Å²) >= 11 is 0.576. The third kappa shape index (κ3) is 4.01.